The van der Waals surface area contributed by atoms with Crippen molar-refractivity contribution in [1.29, 1.82) is 0 Å². The minimum atomic E-state index is -0.887. The maximum atomic E-state index is 11.7. The molecule has 204 valence electrons. The smallest absolute Gasteiger partial charge is 0.323 e. The SMILES string of the molecule is COC(=O)[C@@H]1CC[C@H](C(=O)O)N1Cc1ccccc1.COC(=O)[C@H]1CC[C@@H](C(=O)O)N1Cc1ccccc1. The first kappa shape index (κ1) is 28.8. The van der Waals surface area contributed by atoms with Gasteiger partial charge in [-0.25, -0.2) is 0 Å². The zero-order valence-electron chi connectivity index (χ0n) is 21.6. The Hall–Kier alpha value is -3.76. The number of hydrogen-bond acceptors (Lipinski definition) is 8. The molecule has 2 saturated heterocycles. The van der Waals surface area contributed by atoms with E-state index in [1.54, 1.807) is 9.80 Å². The fraction of sp³-hybridized carbons (Fsp3) is 0.429. The molecule has 10 nitrogen and oxygen atoms in total. The van der Waals surface area contributed by atoms with Gasteiger partial charge in [-0.05, 0) is 36.8 Å². The fourth-order valence-corrected chi connectivity index (χ4v) is 5.07. The van der Waals surface area contributed by atoms with Crippen molar-refractivity contribution in [2.75, 3.05) is 14.2 Å². The molecule has 2 heterocycles. The predicted molar refractivity (Wildman–Crippen MR) is 137 cm³/mol. The van der Waals surface area contributed by atoms with Crippen LogP contribution in [0.4, 0.5) is 0 Å². The molecule has 0 amide bonds. The molecular weight excluding hydrogens is 492 g/mol. The van der Waals surface area contributed by atoms with Crippen LogP contribution in [0.2, 0.25) is 0 Å². The molecular formula is C28H34N2O8. The van der Waals surface area contributed by atoms with Crippen molar-refractivity contribution in [3.63, 3.8) is 0 Å². The predicted octanol–water partition coefficient (Wildman–Crippen LogP) is 2.55. The van der Waals surface area contributed by atoms with Gasteiger partial charge in [0.1, 0.15) is 24.2 Å². The van der Waals surface area contributed by atoms with E-state index in [2.05, 4.69) is 0 Å². The molecule has 2 aromatic carbocycles. The maximum Gasteiger partial charge on any atom is 0.323 e. The Morgan fingerprint density at radius 3 is 1.24 bits per heavy atom. The summed E-state index contributed by atoms with van der Waals surface area (Å²) in [5.74, 6) is -2.50. The van der Waals surface area contributed by atoms with E-state index in [-0.39, 0.29) is 11.9 Å². The average Bonchev–Trinajstić information content (AvgIpc) is 3.54. The zero-order chi connectivity index (χ0) is 27.7. The zero-order valence-corrected chi connectivity index (χ0v) is 21.6. The van der Waals surface area contributed by atoms with Gasteiger partial charge in [-0.3, -0.25) is 29.0 Å². The van der Waals surface area contributed by atoms with E-state index in [1.165, 1.54) is 14.2 Å². The monoisotopic (exact) mass is 526 g/mol. The van der Waals surface area contributed by atoms with Crippen LogP contribution in [0, 0.1) is 0 Å². The molecule has 0 bridgehead atoms. The number of benzene rings is 2. The lowest BCUT2D eigenvalue weighted by Gasteiger charge is -2.26. The molecule has 10 heteroatoms. The topological polar surface area (TPSA) is 134 Å². The van der Waals surface area contributed by atoms with Crippen LogP contribution in [0.15, 0.2) is 60.7 Å². The van der Waals surface area contributed by atoms with Crippen molar-refractivity contribution in [2.45, 2.75) is 62.9 Å². The summed E-state index contributed by atoms with van der Waals surface area (Å²) in [4.78, 5) is 49.4. The number of nitrogens with zero attached hydrogens (tertiary/aromatic N) is 2. The summed E-state index contributed by atoms with van der Waals surface area (Å²) >= 11 is 0. The Kier molecular flexibility index (Phi) is 10.4. The molecule has 4 rings (SSSR count). The number of carboxylic acid groups (broad SMARTS) is 2. The number of aliphatic carboxylic acids is 2. The number of carbonyl (C=O) groups excluding carboxylic acids is 2. The number of ether oxygens (including phenoxy) is 2. The van der Waals surface area contributed by atoms with Crippen molar-refractivity contribution < 1.29 is 38.9 Å². The van der Waals surface area contributed by atoms with Crippen LogP contribution in [0.1, 0.15) is 36.8 Å². The molecule has 0 aliphatic carbocycles. The molecule has 4 atom stereocenters. The third-order valence-corrected chi connectivity index (χ3v) is 6.96. The number of methoxy groups -OCH3 is 2. The van der Waals surface area contributed by atoms with Gasteiger partial charge in [0, 0.05) is 13.1 Å². The minimum Gasteiger partial charge on any atom is -0.480 e. The van der Waals surface area contributed by atoms with Crippen LogP contribution in [-0.4, -0.2) is 82.3 Å². The van der Waals surface area contributed by atoms with Crippen LogP contribution in [0.25, 0.3) is 0 Å². The number of hydrogen-bond donors (Lipinski definition) is 2. The van der Waals surface area contributed by atoms with Gasteiger partial charge in [0.2, 0.25) is 0 Å². The van der Waals surface area contributed by atoms with E-state index in [9.17, 15) is 29.4 Å². The third-order valence-electron chi connectivity index (χ3n) is 6.96. The van der Waals surface area contributed by atoms with Crippen molar-refractivity contribution >= 4 is 23.9 Å². The van der Waals surface area contributed by atoms with Gasteiger partial charge in [-0.2, -0.15) is 0 Å². The van der Waals surface area contributed by atoms with E-state index >= 15 is 0 Å². The summed E-state index contributed by atoms with van der Waals surface area (Å²) in [5, 5.41) is 18.5. The van der Waals surface area contributed by atoms with Crippen molar-refractivity contribution in [3.8, 4) is 0 Å². The van der Waals surface area contributed by atoms with Gasteiger partial charge < -0.3 is 19.7 Å². The van der Waals surface area contributed by atoms with Gasteiger partial charge in [-0.15, -0.1) is 0 Å². The Bertz CT molecular complexity index is 1010. The second-order valence-electron chi connectivity index (χ2n) is 9.26. The normalized spacial score (nSPS) is 23.2. The lowest BCUT2D eigenvalue weighted by Crippen LogP contribution is -2.44. The third kappa shape index (κ3) is 7.17. The molecule has 2 fully saturated rings. The first-order valence-electron chi connectivity index (χ1n) is 12.5. The highest BCUT2D eigenvalue weighted by atomic mass is 16.5. The number of carboxylic acids is 2. The largest absolute Gasteiger partial charge is 0.480 e. The van der Waals surface area contributed by atoms with Crippen LogP contribution in [0.5, 0.6) is 0 Å². The number of rotatable bonds is 8. The van der Waals surface area contributed by atoms with Gasteiger partial charge >= 0.3 is 23.9 Å². The fourth-order valence-electron chi connectivity index (χ4n) is 5.07. The summed E-state index contributed by atoms with van der Waals surface area (Å²) in [6, 6.07) is 16.9. The maximum absolute atomic E-state index is 11.7. The minimum absolute atomic E-state index is 0.361. The Labute approximate surface area is 221 Å². The van der Waals surface area contributed by atoms with Gasteiger partial charge in [0.05, 0.1) is 14.2 Å². The van der Waals surface area contributed by atoms with E-state index in [4.69, 9.17) is 9.47 Å². The van der Waals surface area contributed by atoms with Gasteiger partial charge in [0.15, 0.2) is 0 Å². The van der Waals surface area contributed by atoms with Crippen LogP contribution in [0.3, 0.4) is 0 Å². The van der Waals surface area contributed by atoms with Crippen LogP contribution >= 0.6 is 0 Å². The lowest BCUT2D eigenvalue weighted by atomic mass is 10.2. The van der Waals surface area contributed by atoms with E-state index in [0.29, 0.717) is 38.8 Å². The Balaban J connectivity index is 0.000000211. The first-order valence-corrected chi connectivity index (χ1v) is 12.5. The van der Waals surface area contributed by atoms with Crippen molar-refractivity contribution in [3.05, 3.63) is 71.8 Å². The highest BCUT2D eigenvalue weighted by molar-refractivity contribution is 5.81. The highest BCUT2D eigenvalue weighted by Crippen LogP contribution is 2.28. The second kappa shape index (κ2) is 13.7. The quantitative estimate of drug-likeness (QED) is 0.494. The van der Waals surface area contributed by atoms with E-state index < -0.39 is 36.1 Å². The van der Waals surface area contributed by atoms with E-state index in [1.807, 2.05) is 60.7 Å². The number of likely N-dealkylation sites (tertiary alicyclic amines) is 2. The molecule has 2 aliphatic heterocycles. The number of carbonyl (C=O) groups is 4. The van der Waals surface area contributed by atoms with Crippen LogP contribution < -0.4 is 0 Å². The van der Waals surface area contributed by atoms with Gasteiger partial charge in [0.25, 0.3) is 0 Å². The lowest BCUT2D eigenvalue weighted by molar-refractivity contribution is -0.151. The second-order valence-corrected chi connectivity index (χ2v) is 9.26. The first-order chi connectivity index (χ1) is 18.3. The van der Waals surface area contributed by atoms with E-state index in [0.717, 1.165) is 11.1 Å². The Morgan fingerprint density at radius 1 is 0.632 bits per heavy atom. The molecule has 0 saturated carbocycles. The summed E-state index contributed by atoms with van der Waals surface area (Å²) in [5.41, 5.74) is 1.98. The summed E-state index contributed by atoms with van der Waals surface area (Å²) in [6.45, 7) is 0.884. The standard InChI is InChI=1S/2C14H17NO4/c2*1-19-14(18)12-8-7-11(13(16)17)15(12)9-10-5-3-2-4-6-10/h2*2-6,11-12H,7-9H2,1H3,(H,16,17)/t2*11-,12+/m10/s1. The molecule has 2 aromatic rings. The molecule has 38 heavy (non-hydrogen) atoms. The molecule has 2 N–H and O–H groups in total. The Morgan fingerprint density at radius 2 is 0.947 bits per heavy atom. The molecule has 0 spiro atoms. The van der Waals surface area contributed by atoms with Crippen molar-refractivity contribution in [2.24, 2.45) is 0 Å². The number of esters is 2. The highest BCUT2D eigenvalue weighted by Gasteiger charge is 2.43. The molecule has 0 aromatic heterocycles. The summed E-state index contributed by atoms with van der Waals surface area (Å²) in [6.07, 6.45) is 2.00. The van der Waals surface area contributed by atoms with Gasteiger partial charge in [-0.1, -0.05) is 60.7 Å². The molecule has 0 unspecified atom stereocenters. The molecule has 2 aliphatic rings. The average molecular weight is 527 g/mol. The van der Waals surface area contributed by atoms with Crippen molar-refractivity contribution in [1.82, 2.24) is 9.80 Å². The molecule has 0 radical (unpaired) electrons. The summed E-state index contributed by atoms with van der Waals surface area (Å²) < 4.78 is 9.51. The van der Waals surface area contributed by atoms with Crippen LogP contribution in [-0.2, 0) is 41.7 Å². The summed E-state index contributed by atoms with van der Waals surface area (Å²) in [7, 11) is 2.66.